The van der Waals surface area contributed by atoms with Crippen LogP contribution in [0.3, 0.4) is 0 Å². The molecule has 0 unspecified atom stereocenters. The molecule has 1 atom stereocenters. The molecule has 1 aromatic carbocycles. The van der Waals surface area contributed by atoms with Gasteiger partial charge >= 0.3 is 5.97 Å². The van der Waals surface area contributed by atoms with E-state index in [1.165, 1.54) is 0 Å². The van der Waals surface area contributed by atoms with E-state index in [4.69, 9.17) is 5.11 Å². The van der Waals surface area contributed by atoms with Crippen molar-refractivity contribution in [3.05, 3.63) is 46.5 Å². The summed E-state index contributed by atoms with van der Waals surface area (Å²) in [6, 6.07) is 1.16. The predicted molar refractivity (Wildman–Crippen MR) is 67.9 cm³/mol. The van der Waals surface area contributed by atoms with Gasteiger partial charge in [0.25, 0.3) is 5.91 Å². The minimum absolute atomic E-state index is 0.0517. The van der Waals surface area contributed by atoms with Gasteiger partial charge in [-0.15, -0.1) is 0 Å². The van der Waals surface area contributed by atoms with Crippen molar-refractivity contribution in [2.75, 3.05) is 0 Å². The van der Waals surface area contributed by atoms with Crippen molar-refractivity contribution < 1.29 is 23.5 Å². The summed E-state index contributed by atoms with van der Waals surface area (Å²) in [7, 11) is 0. The van der Waals surface area contributed by atoms with Crippen LogP contribution in [0.4, 0.5) is 8.78 Å². The van der Waals surface area contributed by atoms with E-state index in [0.29, 0.717) is 10.5 Å². The summed E-state index contributed by atoms with van der Waals surface area (Å²) in [4.78, 5) is 22.6. The molecule has 0 aliphatic heterocycles. The Bertz CT molecular complexity index is 534. The zero-order valence-corrected chi connectivity index (χ0v) is 11.2. The maximum atomic E-state index is 13.3. The second-order valence-corrected chi connectivity index (χ2v) is 4.83. The molecule has 0 heterocycles. The summed E-state index contributed by atoms with van der Waals surface area (Å²) in [6.45, 7) is 3.46. The summed E-state index contributed by atoms with van der Waals surface area (Å²) in [5.41, 5.74) is -0.423. The third kappa shape index (κ3) is 4.44. The third-order valence-electron chi connectivity index (χ3n) is 2.20. The summed E-state index contributed by atoms with van der Waals surface area (Å²) in [6.07, 6.45) is -0.0517. The van der Waals surface area contributed by atoms with Crippen molar-refractivity contribution in [2.45, 2.75) is 12.5 Å². The second kappa shape index (κ2) is 6.42. The summed E-state index contributed by atoms with van der Waals surface area (Å²) in [5.74, 6) is -4.09. The van der Waals surface area contributed by atoms with Crippen LogP contribution in [-0.4, -0.2) is 23.0 Å². The molecule has 0 fully saturated rings. The Morgan fingerprint density at radius 2 is 2.05 bits per heavy atom. The van der Waals surface area contributed by atoms with Crippen molar-refractivity contribution in [1.29, 1.82) is 0 Å². The minimum Gasteiger partial charge on any atom is -0.480 e. The van der Waals surface area contributed by atoms with Crippen LogP contribution in [0.25, 0.3) is 0 Å². The fourth-order valence-corrected chi connectivity index (χ4v) is 1.65. The minimum atomic E-state index is -1.28. The second-order valence-electron chi connectivity index (χ2n) is 3.71. The highest BCUT2D eigenvalue weighted by molar-refractivity contribution is 9.11. The number of carbonyl (C=O) groups excluding carboxylic acids is 1. The Labute approximate surface area is 116 Å². The van der Waals surface area contributed by atoms with Gasteiger partial charge in [-0.2, -0.15) is 0 Å². The quantitative estimate of drug-likeness (QED) is 0.869. The molecule has 0 bridgehead atoms. The fraction of sp³-hybridized carbons (Fsp3) is 0.167. The number of carboxylic acids is 1. The number of aliphatic carboxylic acids is 1. The van der Waals surface area contributed by atoms with Gasteiger partial charge in [0.05, 0.1) is 5.56 Å². The average molecular weight is 334 g/mol. The van der Waals surface area contributed by atoms with E-state index in [-0.39, 0.29) is 6.42 Å². The molecule has 0 spiro atoms. The molecular formula is C12H10BrF2NO3. The van der Waals surface area contributed by atoms with Gasteiger partial charge < -0.3 is 10.4 Å². The lowest BCUT2D eigenvalue weighted by Crippen LogP contribution is -2.41. The maximum absolute atomic E-state index is 13.3. The van der Waals surface area contributed by atoms with Crippen LogP contribution >= 0.6 is 15.9 Å². The van der Waals surface area contributed by atoms with Crippen LogP contribution < -0.4 is 5.32 Å². The molecule has 7 heteroatoms. The van der Waals surface area contributed by atoms with E-state index < -0.39 is 35.1 Å². The highest BCUT2D eigenvalue weighted by Crippen LogP contribution is 2.13. The first-order valence-electron chi connectivity index (χ1n) is 5.13. The standard InChI is InChI=1S/C12H10BrF2NO3/c1-6(13)4-10(12(18)19)16-11(17)8-3-2-7(14)5-9(8)15/h2-3,5,10H,1,4H2,(H,16,17)(H,18,19)/t10-/m0/s1. The first-order valence-corrected chi connectivity index (χ1v) is 5.92. The van der Waals surface area contributed by atoms with Crippen molar-refractivity contribution in [1.82, 2.24) is 5.32 Å². The monoisotopic (exact) mass is 333 g/mol. The van der Waals surface area contributed by atoms with Crippen LogP contribution in [-0.2, 0) is 4.79 Å². The van der Waals surface area contributed by atoms with E-state index in [1.54, 1.807) is 0 Å². The van der Waals surface area contributed by atoms with Gasteiger partial charge in [0.15, 0.2) is 0 Å². The van der Waals surface area contributed by atoms with Crippen molar-refractivity contribution in [3.63, 3.8) is 0 Å². The van der Waals surface area contributed by atoms with Crippen LogP contribution in [0.15, 0.2) is 29.3 Å². The van der Waals surface area contributed by atoms with Crippen LogP contribution in [0.2, 0.25) is 0 Å². The number of carboxylic acid groups (broad SMARTS) is 1. The molecule has 1 amide bonds. The van der Waals surface area contributed by atoms with Gasteiger partial charge in [-0.1, -0.05) is 22.5 Å². The van der Waals surface area contributed by atoms with Crippen molar-refractivity contribution in [2.24, 2.45) is 0 Å². The van der Waals surface area contributed by atoms with Gasteiger partial charge in [0.2, 0.25) is 0 Å². The van der Waals surface area contributed by atoms with Gasteiger partial charge in [-0.25, -0.2) is 13.6 Å². The van der Waals surface area contributed by atoms with Crippen LogP contribution in [0.1, 0.15) is 16.8 Å². The maximum Gasteiger partial charge on any atom is 0.326 e. The molecule has 1 rings (SSSR count). The van der Waals surface area contributed by atoms with Crippen LogP contribution in [0.5, 0.6) is 0 Å². The van der Waals surface area contributed by atoms with E-state index in [1.807, 2.05) is 0 Å². The molecule has 0 aliphatic rings. The van der Waals surface area contributed by atoms with Gasteiger partial charge in [-0.05, 0) is 16.6 Å². The molecular weight excluding hydrogens is 324 g/mol. The zero-order valence-electron chi connectivity index (χ0n) is 9.62. The molecule has 102 valence electrons. The Morgan fingerprint density at radius 3 is 2.53 bits per heavy atom. The van der Waals surface area contributed by atoms with E-state index in [9.17, 15) is 18.4 Å². The average Bonchev–Trinajstić information content (AvgIpc) is 2.26. The molecule has 0 aliphatic carbocycles. The molecule has 2 N–H and O–H groups in total. The number of halogens is 3. The molecule has 4 nitrogen and oxygen atoms in total. The number of amides is 1. The van der Waals surface area contributed by atoms with E-state index in [0.717, 1.165) is 12.1 Å². The van der Waals surface area contributed by atoms with Crippen molar-refractivity contribution in [3.8, 4) is 0 Å². The summed E-state index contributed by atoms with van der Waals surface area (Å²) >= 11 is 2.98. The number of nitrogens with one attached hydrogen (secondary N) is 1. The number of rotatable bonds is 5. The largest absolute Gasteiger partial charge is 0.480 e. The van der Waals surface area contributed by atoms with Gasteiger partial charge in [0.1, 0.15) is 17.7 Å². The van der Waals surface area contributed by atoms with Gasteiger partial charge in [-0.3, -0.25) is 4.79 Å². The molecule has 0 aromatic heterocycles. The first kappa shape index (κ1) is 15.3. The normalized spacial score (nSPS) is 11.7. The lowest BCUT2D eigenvalue weighted by atomic mass is 10.1. The summed E-state index contributed by atoms with van der Waals surface area (Å²) < 4.78 is 26.4. The van der Waals surface area contributed by atoms with Crippen molar-refractivity contribution >= 4 is 27.8 Å². The topological polar surface area (TPSA) is 66.4 Å². The Balaban J connectivity index is 2.87. The molecule has 0 saturated heterocycles. The summed E-state index contributed by atoms with van der Waals surface area (Å²) in [5, 5.41) is 11.0. The Morgan fingerprint density at radius 1 is 1.42 bits per heavy atom. The Hall–Kier alpha value is -1.76. The lowest BCUT2D eigenvalue weighted by Gasteiger charge is -2.14. The molecule has 0 radical (unpaired) electrons. The van der Waals surface area contributed by atoms with E-state index >= 15 is 0 Å². The Kier molecular flexibility index (Phi) is 5.17. The molecule has 19 heavy (non-hydrogen) atoms. The molecule has 0 saturated carbocycles. The highest BCUT2D eigenvalue weighted by atomic mass is 79.9. The number of hydrogen-bond donors (Lipinski definition) is 2. The third-order valence-corrected chi connectivity index (χ3v) is 2.53. The smallest absolute Gasteiger partial charge is 0.326 e. The first-order chi connectivity index (χ1) is 8.81. The number of benzene rings is 1. The predicted octanol–water partition coefficient (Wildman–Crippen LogP) is 2.45. The molecule has 1 aromatic rings. The van der Waals surface area contributed by atoms with Crippen LogP contribution in [0, 0.1) is 11.6 Å². The lowest BCUT2D eigenvalue weighted by molar-refractivity contribution is -0.139. The fourth-order valence-electron chi connectivity index (χ4n) is 1.33. The SMILES string of the molecule is C=C(Br)C[C@H](NC(=O)c1ccc(F)cc1F)C(=O)O. The van der Waals surface area contributed by atoms with Gasteiger partial charge in [0, 0.05) is 12.5 Å². The number of carbonyl (C=O) groups is 2. The highest BCUT2D eigenvalue weighted by Gasteiger charge is 2.22. The van der Waals surface area contributed by atoms with E-state index in [2.05, 4.69) is 27.8 Å². The number of hydrogen-bond acceptors (Lipinski definition) is 2. The zero-order chi connectivity index (χ0) is 14.6.